The standard InChI is InChI=1S/C19H17ClF3N3O2S2/c1-5-30(27,28)17-12-7-6-11(20)8-14(12)29-16(17)18-25-13(10(2)26(18)4)9-15(24-3)19(21,22)23/h6-9H,3,5H2,1-2,4H3/b15-9-. The van der Waals surface area contributed by atoms with Crippen molar-refractivity contribution in [3.8, 4) is 10.7 Å². The molecule has 0 aliphatic rings. The van der Waals surface area contributed by atoms with E-state index in [4.69, 9.17) is 11.6 Å². The van der Waals surface area contributed by atoms with Gasteiger partial charge in [0.05, 0.1) is 21.2 Å². The first kappa shape index (κ1) is 22.5. The summed E-state index contributed by atoms with van der Waals surface area (Å²) < 4.78 is 67.2. The quantitative estimate of drug-likeness (QED) is 0.447. The molecule has 0 amide bonds. The molecule has 0 aliphatic heterocycles. The molecule has 2 aromatic heterocycles. The smallest absolute Gasteiger partial charge is 0.330 e. The Morgan fingerprint density at radius 2 is 2.07 bits per heavy atom. The second kappa shape index (κ2) is 7.82. The number of hydrogen-bond donors (Lipinski definition) is 0. The molecular formula is C19H17ClF3N3O2S2. The first-order chi connectivity index (χ1) is 13.9. The largest absolute Gasteiger partial charge is 0.433 e. The van der Waals surface area contributed by atoms with E-state index in [1.54, 1.807) is 36.7 Å². The second-order valence-corrected chi connectivity index (χ2v) is 10.2. The van der Waals surface area contributed by atoms with Crippen LogP contribution in [0.1, 0.15) is 18.3 Å². The lowest BCUT2D eigenvalue weighted by atomic mass is 10.2. The minimum absolute atomic E-state index is 0.0301. The van der Waals surface area contributed by atoms with Crippen molar-refractivity contribution in [2.24, 2.45) is 12.0 Å². The molecule has 0 saturated carbocycles. The molecule has 0 spiro atoms. The van der Waals surface area contributed by atoms with Gasteiger partial charge in [0.1, 0.15) is 5.70 Å². The predicted molar refractivity (Wildman–Crippen MR) is 115 cm³/mol. The van der Waals surface area contributed by atoms with Gasteiger partial charge in [0.25, 0.3) is 0 Å². The molecule has 3 rings (SSSR count). The summed E-state index contributed by atoms with van der Waals surface area (Å²) in [6.07, 6.45) is -3.89. The van der Waals surface area contributed by atoms with Crippen LogP contribution in [0.4, 0.5) is 13.2 Å². The molecule has 1 aromatic carbocycles. The molecule has 0 unspecified atom stereocenters. The van der Waals surface area contributed by atoms with E-state index in [0.29, 0.717) is 25.7 Å². The number of nitrogens with zero attached hydrogens (tertiary/aromatic N) is 3. The normalized spacial score (nSPS) is 13.2. The van der Waals surface area contributed by atoms with E-state index in [1.807, 2.05) is 0 Å². The highest BCUT2D eigenvalue weighted by Crippen LogP contribution is 2.43. The maximum atomic E-state index is 13.1. The molecule has 11 heteroatoms. The van der Waals surface area contributed by atoms with Crippen LogP contribution in [0.3, 0.4) is 0 Å². The average Bonchev–Trinajstić information content (AvgIpc) is 3.17. The molecule has 0 radical (unpaired) electrons. The van der Waals surface area contributed by atoms with Crippen molar-refractivity contribution in [3.05, 3.63) is 40.3 Å². The van der Waals surface area contributed by atoms with Crippen LogP contribution in [0.15, 0.2) is 33.8 Å². The van der Waals surface area contributed by atoms with Crippen molar-refractivity contribution in [1.29, 1.82) is 0 Å². The van der Waals surface area contributed by atoms with Gasteiger partial charge in [-0.3, -0.25) is 4.99 Å². The Kier molecular flexibility index (Phi) is 5.87. The number of hydrogen-bond acceptors (Lipinski definition) is 5. The van der Waals surface area contributed by atoms with Crippen molar-refractivity contribution >= 4 is 55.7 Å². The molecule has 30 heavy (non-hydrogen) atoms. The Morgan fingerprint density at radius 3 is 2.63 bits per heavy atom. The third-order valence-electron chi connectivity index (χ3n) is 4.65. The van der Waals surface area contributed by atoms with Crippen LogP contribution in [-0.4, -0.2) is 36.6 Å². The van der Waals surface area contributed by atoms with E-state index >= 15 is 0 Å². The van der Waals surface area contributed by atoms with E-state index < -0.39 is 21.7 Å². The van der Waals surface area contributed by atoms with Crippen molar-refractivity contribution in [3.63, 3.8) is 0 Å². The Balaban J connectivity index is 2.34. The molecule has 160 valence electrons. The van der Waals surface area contributed by atoms with Gasteiger partial charge >= 0.3 is 6.18 Å². The summed E-state index contributed by atoms with van der Waals surface area (Å²) in [5.41, 5.74) is -0.729. The number of thiophene rings is 1. The van der Waals surface area contributed by atoms with E-state index in [-0.39, 0.29) is 22.2 Å². The molecular weight excluding hydrogens is 459 g/mol. The number of aliphatic imine (C=N–C) groups is 1. The fourth-order valence-electron chi connectivity index (χ4n) is 2.93. The summed E-state index contributed by atoms with van der Waals surface area (Å²) >= 11 is 7.23. The van der Waals surface area contributed by atoms with Gasteiger partial charge in [0, 0.05) is 27.9 Å². The lowest BCUT2D eigenvalue weighted by molar-refractivity contribution is -0.0912. The summed E-state index contributed by atoms with van der Waals surface area (Å²) in [7, 11) is -2.04. The van der Waals surface area contributed by atoms with Crippen LogP contribution in [0.2, 0.25) is 5.02 Å². The van der Waals surface area contributed by atoms with Crippen molar-refractivity contribution < 1.29 is 21.6 Å². The van der Waals surface area contributed by atoms with E-state index in [9.17, 15) is 21.6 Å². The Labute approximate surface area is 180 Å². The lowest BCUT2D eigenvalue weighted by Crippen LogP contribution is -2.09. The van der Waals surface area contributed by atoms with Crippen molar-refractivity contribution in [1.82, 2.24) is 9.55 Å². The van der Waals surface area contributed by atoms with Crippen LogP contribution in [0.5, 0.6) is 0 Å². The third-order valence-corrected chi connectivity index (χ3v) is 7.97. The minimum atomic E-state index is -4.68. The molecule has 0 aliphatic carbocycles. The molecule has 0 fully saturated rings. The summed E-state index contributed by atoms with van der Waals surface area (Å²) in [6, 6.07) is 4.87. The average molecular weight is 476 g/mol. The summed E-state index contributed by atoms with van der Waals surface area (Å²) in [5, 5.41) is 0.949. The van der Waals surface area contributed by atoms with Gasteiger partial charge in [-0.05, 0) is 31.9 Å². The summed E-state index contributed by atoms with van der Waals surface area (Å²) in [4.78, 5) is 7.82. The number of alkyl halides is 3. The van der Waals surface area contributed by atoms with Gasteiger partial charge in [-0.15, -0.1) is 11.3 Å². The molecule has 0 N–H and O–H groups in total. The molecule has 2 heterocycles. The summed E-state index contributed by atoms with van der Waals surface area (Å²) in [6.45, 7) is 6.10. The minimum Gasteiger partial charge on any atom is -0.330 e. The number of allylic oxidation sites excluding steroid dienone is 1. The van der Waals surface area contributed by atoms with Crippen LogP contribution < -0.4 is 0 Å². The van der Waals surface area contributed by atoms with Crippen LogP contribution in [-0.2, 0) is 16.9 Å². The molecule has 0 atom stereocenters. The maximum absolute atomic E-state index is 13.1. The Morgan fingerprint density at radius 1 is 1.40 bits per heavy atom. The molecule has 0 bridgehead atoms. The monoisotopic (exact) mass is 475 g/mol. The molecule has 5 nitrogen and oxygen atoms in total. The molecule has 0 saturated heterocycles. The van der Waals surface area contributed by atoms with Crippen LogP contribution >= 0.6 is 22.9 Å². The number of fused-ring (bicyclic) bond motifs is 1. The number of imidazole rings is 1. The first-order valence-electron chi connectivity index (χ1n) is 8.64. The zero-order valence-electron chi connectivity index (χ0n) is 16.2. The first-order valence-corrected chi connectivity index (χ1v) is 11.5. The fraction of sp³-hybridized carbons (Fsp3) is 0.263. The van der Waals surface area contributed by atoms with E-state index in [0.717, 1.165) is 6.08 Å². The van der Waals surface area contributed by atoms with Gasteiger partial charge in [-0.1, -0.05) is 24.6 Å². The fourth-order valence-corrected chi connectivity index (χ4v) is 6.08. The van der Waals surface area contributed by atoms with Crippen molar-refractivity contribution in [2.75, 3.05) is 5.75 Å². The van der Waals surface area contributed by atoms with Crippen LogP contribution in [0.25, 0.3) is 26.9 Å². The number of rotatable bonds is 5. The Bertz CT molecular complexity index is 1290. The lowest BCUT2D eigenvalue weighted by Gasteiger charge is -2.06. The number of aromatic nitrogens is 2. The van der Waals surface area contributed by atoms with Gasteiger partial charge in [0.2, 0.25) is 0 Å². The summed E-state index contributed by atoms with van der Waals surface area (Å²) in [5.74, 6) is 0.108. The number of sulfone groups is 1. The SMILES string of the molecule is C=N/C(=C\c1nc(-c2sc3cc(Cl)ccc3c2S(=O)(=O)CC)n(C)c1C)C(F)(F)F. The van der Waals surface area contributed by atoms with Gasteiger partial charge < -0.3 is 4.57 Å². The van der Waals surface area contributed by atoms with Crippen LogP contribution in [0, 0.1) is 6.92 Å². The third kappa shape index (κ3) is 3.91. The zero-order chi connectivity index (χ0) is 22.4. The van der Waals surface area contributed by atoms with Gasteiger partial charge in [-0.2, -0.15) is 13.2 Å². The highest BCUT2D eigenvalue weighted by molar-refractivity contribution is 7.92. The second-order valence-electron chi connectivity index (χ2n) is 6.45. The zero-order valence-corrected chi connectivity index (χ0v) is 18.6. The van der Waals surface area contributed by atoms with E-state index in [2.05, 4.69) is 16.7 Å². The van der Waals surface area contributed by atoms with Gasteiger partial charge in [0.15, 0.2) is 15.7 Å². The van der Waals surface area contributed by atoms with Gasteiger partial charge in [-0.25, -0.2) is 13.4 Å². The molecule has 3 aromatic rings. The topological polar surface area (TPSA) is 64.3 Å². The predicted octanol–water partition coefficient (Wildman–Crippen LogP) is 5.66. The highest BCUT2D eigenvalue weighted by Gasteiger charge is 2.34. The maximum Gasteiger partial charge on any atom is 0.433 e. The van der Waals surface area contributed by atoms with Crippen molar-refractivity contribution in [2.45, 2.75) is 24.9 Å². The van der Waals surface area contributed by atoms with E-state index in [1.165, 1.54) is 18.3 Å². The highest BCUT2D eigenvalue weighted by atomic mass is 35.5. The Hall–Kier alpha value is -2.17. The number of benzene rings is 1. The number of halogens is 4.